The number of allylic oxidation sites excluding steroid dienone is 2. The number of methoxy groups -OCH3 is 1. The third kappa shape index (κ3) is 5.88. The summed E-state index contributed by atoms with van der Waals surface area (Å²) in [6, 6.07) is 8.88. The van der Waals surface area contributed by atoms with Crippen molar-refractivity contribution in [2.45, 2.75) is 62.5 Å². The zero-order chi connectivity index (χ0) is 30.4. The topological polar surface area (TPSA) is 105 Å². The van der Waals surface area contributed by atoms with Crippen LogP contribution in [-0.4, -0.2) is 58.1 Å². The van der Waals surface area contributed by atoms with Gasteiger partial charge in [-0.25, -0.2) is 13.1 Å². The van der Waals surface area contributed by atoms with Crippen molar-refractivity contribution >= 4 is 33.2 Å². The highest BCUT2D eigenvalue weighted by Crippen LogP contribution is 2.47. The normalized spacial score (nSPS) is 31.0. The molecule has 1 spiro atoms. The first-order valence-electron chi connectivity index (χ1n) is 15.3. The van der Waals surface area contributed by atoms with Gasteiger partial charge in [0.25, 0.3) is 5.91 Å². The molecule has 1 amide bonds. The number of ether oxygens (including phenoxy) is 2. The molecule has 8 nitrogen and oxygen atoms in total. The van der Waals surface area contributed by atoms with Crippen molar-refractivity contribution in [3.05, 3.63) is 64.2 Å². The van der Waals surface area contributed by atoms with Crippen LogP contribution < -0.4 is 14.4 Å². The van der Waals surface area contributed by atoms with Gasteiger partial charge in [0.05, 0.1) is 23.9 Å². The van der Waals surface area contributed by atoms with E-state index in [1.807, 2.05) is 19.1 Å². The molecule has 2 bridgehead atoms. The van der Waals surface area contributed by atoms with Crippen LogP contribution in [0.25, 0.3) is 0 Å². The van der Waals surface area contributed by atoms with Crippen molar-refractivity contribution in [1.82, 2.24) is 4.72 Å². The Kier molecular flexibility index (Phi) is 8.43. The average molecular weight is 629 g/mol. The highest BCUT2D eigenvalue weighted by atomic mass is 35.5. The van der Waals surface area contributed by atoms with Crippen LogP contribution in [-0.2, 0) is 26.6 Å². The molecule has 43 heavy (non-hydrogen) atoms. The lowest BCUT2D eigenvalue weighted by atomic mass is 9.69. The maximum absolute atomic E-state index is 13.5. The van der Waals surface area contributed by atoms with E-state index in [-0.39, 0.29) is 29.3 Å². The summed E-state index contributed by atoms with van der Waals surface area (Å²) in [5.41, 5.74) is 2.89. The van der Waals surface area contributed by atoms with Crippen molar-refractivity contribution in [3.8, 4) is 11.5 Å². The number of aromatic hydroxyl groups is 1. The van der Waals surface area contributed by atoms with Crippen LogP contribution in [0.4, 0.5) is 5.69 Å². The largest absolute Gasteiger partial charge is 0.506 e. The molecule has 4 aliphatic rings. The molecule has 2 aliphatic carbocycles. The molecule has 2 aromatic rings. The number of anilines is 1. The van der Waals surface area contributed by atoms with Gasteiger partial charge in [0.15, 0.2) is 0 Å². The van der Waals surface area contributed by atoms with E-state index < -0.39 is 21.2 Å². The molecule has 6 rings (SSSR count). The molecule has 0 unspecified atom stereocenters. The van der Waals surface area contributed by atoms with Gasteiger partial charge in [-0.15, -0.1) is 0 Å². The molecule has 232 valence electrons. The van der Waals surface area contributed by atoms with Crippen LogP contribution in [0.5, 0.6) is 11.5 Å². The Hall–Kier alpha value is -2.75. The van der Waals surface area contributed by atoms with Gasteiger partial charge < -0.3 is 19.5 Å². The summed E-state index contributed by atoms with van der Waals surface area (Å²) in [5.74, 6) is 0.870. The van der Waals surface area contributed by atoms with E-state index in [0.717, 1.165) is 61.9 Å². The second-order valence-corrected chi connectivity index (χ2v) is 15.2. The number of phenols is 1. The first-order valence-corrected chi connectivity index (χ1v) is 17.3. The van der Waals surface area contributed by atoms with Crippen molar-refractivity contribution < 1.29 is 27.8 Å². The fourth-order valence-corrected chi connectivity index (χ4v) is 9.22. The van der Waals surface area contributed by atoms with E-state index in [9.17, 15) is 18.3 Å². The second kappa shape index (κ2) is 12.0. The average Bonchev–Trinajstić information content (AvgIpc) is 3.11. The standard InChI is InChI=1S/C33H41ClN2O6S/c1-21-6-3-4-7-22-9-10-25(22)17-36-19-33(13-5-8-23-14-27(34)29(37)16-26(23)33)20-42-30-12-11-24(15-28(30)36)32(38)35-43(39,40)31(21)18-41-2/h3-4,11-12,14-16,21-22,25,31,37H,5-10,13,17-20H2,1-2H3,(H,35,38)/b4-3+/t21-,22-,25-,31+,33-/m0/s1. The number of fused-ring (bicyclic) bond motifs is 4. The van der Waals surface area contributed by atoms with E-state index in [0.29, 0.717) is 42.2 Å². The molecule has 2 aromatic carbocycles. The van der Waals surface area contributed by atoms with Crippen molar-refractivity contribution in [1.29, 1.82) is 0 Å². The van der Waals surface area contributed by atoms with Gasteiger partial charge in [0, 0.05) is 31.2 Å². The van der Waals surface area contributed by atoms with E-state index in [1.54, 1.807) is 18.2 Å². The Morgan fingerprint density at radius 1 is 1.16 bits per heavy atom. The number of phenolic OH excluding ortho intramolecular Hbond substituents is 1. The number of carbonyl (C=O) groups excluding carboxylic acids is 1. The molecule has 2 N–H and O–H groups in total. The predicted molar refractivity (Wildman–Crippen MR) is 168 cm³/mol. The zero-order valence-electron chi connectivity index (χ0n) is 24.9. The lowest BCUT2D eigenvalue weighted by Crippen LogP contribution is -2.48. The summed E-state index contributed by atoms with van der Waals surface area (Å²) in [6.45, 7) is 3.78. The lowest BCUT2D eigenvalue weighted by Gasteiger charge is -2.44. The number of rotatable bonds is 2. The van der Waals surface area contributed by atoms with Crippen LogP contribution in [0.2, 0.25) is 5.02 Å². The number of amides is 1. The molecule has 10 heteroatoms. The van der Waals surface area contributed by atoms with Crippen molar-refractivity contribution in [2.24, 2.45) is 17.8 Å². The first-order chi connectivity index (χ1) is 20.6. The van der Waals surface area contributed by atoms with Gasteiger partial charge in [-0.3, -0.25) is 4.79 Å². The minimum Gasteiger partial charge on any atom is -0.506 e. The number of carbonyl (C=O) groups is 1. The second-order valence-electron chi connectivity index (χ2n) is 12.9. The Labute approximate surface area is 259 Å². The summed E-state index contributed by atoms with van der Waals surface area (Å²) < 4.78 is 41.0. The number of aryl methyl sites for hydroxylation is 1. The maximum atomic E-state index is 13.5. The number of hydrogen-bond donors (Lipinski definition) is 2. The number of sulfonamides is 1. The molecular formula is C33H41ClN2O6S. The minimum absolute atomic E-state index is 0.00154. The fraction of sp³-hybridized carbons (Fsp3) is 0.545. The van der Waals surface area contributed by atoms with E-state index in [1.165, 1.54) is 7.11 Å². The van der Waals surface area contributed by atoms with Crippen LogP contribution in [0.15, 0.2) is 42.5 Å². The third-order valence-corrected chi connectivity index (χ3v) is 12.3. The highest BCUT2D eigenvalue weighted by Gasteiger charge is 2.44. The van der Waals surface area contributed by atoms with Crippen LogP contribution in [0, 0.1) is 17.8 Å². The number of benzene rings is 2. The molecule has 0 aromatic heterocycles. The Morgan fingerprint density at radius 3 is 2.72 bits per heavy atom. The Balaban J connectivity index is 1.41. The SMILES string of the molecule is COC[C@@H]1[C@@H](C)C/C=C/C[C@H]2CC[C@H]2CN2C[C@@]3(CCCc4cc(Cl)c(O)cc43)COc3ccc(cc32)C(=O)NS1(=O)=O. The van der Waals surface area contributed by atoms with E-state index in [4.69, 9.17) is 21.1 Å². The quantitative estimate of drug-likeness (QED) is 0.417. The molecular weight excluding hydrogens is 588 g/mol. The molecule has 2 aliphatic heterocycles. The predicted octanol–water partition coefficient (Wildman–Crippen LogP) is 5.61. The molecule has 1 fully saturated rings. The van der Waals surface area contributed by atoms with E-state index >= 15 is 0 Å². The minimum atomic E-state index is -4.01. The Morgan fingerprint density at radius 2 is 1.95 bits per heavy atom. The first kappa shape index (κ1) is 30.3. The summed E-state index contributed by atoms with van der Waals surface area (Å²) in [7, 11) is -2.54. The van der Waals surface area contributed by atoms with Gasteiger partial charge in [-0.05, 0) is 104 Å². The highest BCUT2D eigenvalue weighted by molar-refractivity contribution is 7.90. The summed E-state index contributed by atoms with van der Waals surface area (Å²) >= 11 is 6.32. The number of halogens is 1. The van der Waals surface area contributed by atoms with Crippen LogP contribution >= 0.6 is 11.6 Å². The van der Waals surface area contributed by atoms with Gasteiger partial charge in [-0.2, -0.15) is 0 Å². The van der Waals surface area contributed by atoms with E-state index in [2.05, 4.69) is 21.8 Å². The lowest BCUT2D eigenvalue weighted by molar-refractivity contribution is 0.0979. The number of nitrogens with zero attached hydrogens (tertiary/aromatic N) is 1. The van der Waals surface area contributed by atoms with Gasteiger partial charge in [0.1, 0.15) is 16.7 Å². The monoisotopic (exact) mass is 628 g/mol. The van der Waals surface area contributed by atoms with Gasteiger partial charge >= 0.3 is 0 Å². The summed E-state index contributed by atoms with van der Waals surface area (Å²) in [5, 5.41) is 10.1. The smallest absolute Gasteiger partial charge is 0.264 e. The third-order valence-electron chi connectivity index (χ3n) is 10.1. The molecule has 2 heterocycles. The van der Waals surface area contributed by atoms with Gasteiger partial charge in [-0.1, -0.05) is 30.7 Å². The number of hydrogen-bond acceptors (Lipinski definition) is 7. The number of nitrogens with one attached hydrogen (secondary N) is 1. The van der Waals surface area contributed by atoms with Crippen molar-refractivity contribution in [3.63, 3.8) is 0 Å². The summed E-state index contributed by atoms with van der Waals surface area (Å²) in [6.07, 6.45) is 10.9. The molecule has 0 saturated heterocycles. The van der Waals surface area contributed by atoms with Crippen LogP contribution in [0.3, 0.4) is 0 Å². The Bertz CT molecular complexity index is 1530. The molecule has 0 radical (unpaired) electrons. The van der Waals surface area contributed by atoms with Gasteiger partial charge in [0.2, 0.25) is 10.0 Å². The zero-order valence-corrected chi connectivity index (χ0v) is 26.4. The van der Waals surface area contributed by atoms with Crippen molar-refractivity contribution in [2.75, 3.05) is 38.3 Å². The maximum Gasteiger partial charge on any atom is 0.264 e. The molecule has 1 saturated carbocycles. The summed E-state index contributed by atoms with van der Waals surface area (Å²) in [4.78, 5) is 15.8. The van der Waals surface area contributed by atoms with Crippen LogP contribution in [0.1, 0.15) is 66.9 Å². The fourth-order valence-electron chi connectivity index (χ4n) is 7.47. The molecule has 5 atom stereocenters.